The van der Waals surface area contributed by atoms with E-state index in [1.54, 1.807) is 0 Å². The number of sulfonamides is 1. The highest BCUT2D eigenvalue weighted by Crippen LogP contribution is 2.32. The van der Waals surface area contributed by atoms with Crippen molar-refractivity contribution in [1.82, 2.24) is 4.31 Å². The summed E-state index contributed by atoms with van der Waals surface area (Å²) in [6.45, 7) is 3.88. The van der Waals surface area contributed by atoms with Crippen LogP contribution in [-0.4, -0.2) is 43.5 Å². The Hall–Kier alpha value is -2.49. The van der Waals surface area contributed by atoms with Crippen LogP contribution in [0.4, 0.5) is 11.4 Å². The number of nitro groups is 1. The minimum Gasteiger partial charge on any atom is -0.356 e. The van der Waals surface area contributed by atoms with Crippen LogP contribution in [0.2, 0.25) is 0 Å². The van der Waals surface area contributed by atoms with E-state index >= 15 is 0 Å². The van der Waals surface area contributed by atoms with Gasteiger partial charge in [0.15, 0.2) is 0 Å². The van der Waals surface area contributed by atoms with Crippen LogP contribution in [0.3, 0.4) is 0 Å². The molecule has 8 nitrogen and oxygen atoms in total. The molecule has 4 rings (SSSR count). The summed E-state index contributed by atoms with van der Waals surface area (Å²) in [6.07, 6.45) is 1.34. The normalized spacial score (nSPS) is 18.4. The fourth-order valence-electron chi connectivity index (χ4n) is 4.04. The molecule has 2 heterocycles. The van der Waals surface area contributed by atoms with Crippen LogP contribution in [-0.2, 0) is 21.4 Å². The summed E-state index contributed by atoms with van der Waals surface area (Å²) in [7, 11) is -3.76. The third kappa shape index (κ3) is 3.85. The molecule has 0 N–H and O–H groups in total. The van der Waals surface area contributed by atoms with Gasteiger partial charge in [0, 0.05) is 42.5 Å². The van der Waals surface area contributed by atoms with Crippen LogP contribution < -0.4 is 4.90 Å². The van der Waals surface area contributed by atoms with Crippen molar-refractivity contribution in [3.05, 3.63) is 63.7 Å². The van der Waals surface area contributed by atoms with Crippen molar-refractivity contribution >= 4 is 21.4 Å². The second-order valence-electron chi connectivity index (χ2n) is 7.47. The average Bonchev–Trinajstić information content (AvgIpc) is 2.73. The van der Waals surface area contributed by atoms with E-state index in [0.717, 1.165) is 17.3 Å². The van der Waals surface area contributed by atoms with E-state index in [4.69, 9.17) is 4.74 Å². The highest BCUT2D eigenvalue weighted by Gasteiger charge is 2.33. The zero-order valence-electron chi connectivity index (χ0n) is 16.2. The number of ether oxygens (including phenoxy) is 1. The number of anilines is 1. The summed E-state index contributed by atoms with van der Waals surface area (Å²) in [5.74, 6) is 0. The van der Waals surface area contributed by atoms with E-state index in [-0.39, 0.29) is 16.6 Å². The first kappa shape index (κ1) is 19.8. The van der Waals surface area contributed by atoms with Gasteiger partial charge in [-0.1, -0.05) is 23.8 Å². The van der Waals surface area contributed by atoms with Crippen molar-refractivity contribution in [1.29, 1.82) is 0 Å². The third-order valence-electron chi connectivity index (χ3n) is 5.56. The van der Waals surface area contributed by atoms with Crippen molar-refractivity contribution in [2.45, 2.75) is 37.3 Å². The Bertz CT molecular complexity index is 1030. The fraction of sp³-hybridized carbons (Fsp3) is 0.400. The summed E-state index contributed by atoms with van der Waals surface area (Å²) >= 11 is 0. The largest absolute Gasteiger partial charge is 0.356 e. The third-order valence-corrected chi connectivity index (χ3v) is 7.46. The topological polar surface area (TPSA) is 93.0 Å². The molecule has 2 aliphatic heterocycles. The van der Waals surface area contributed by atoms with Crippen LogP contribution >= 0.6 is 0 Å². The van der Waals surface area contributed by atoms with Crippen LogP contribution in [0.5, 0.6) is 0 Å². The van der Waals surface area contributed by atoms with E-state index in [1.165, 1.54) is 28.1 Å². The van der Waals surface area contributed by atoms with E-state index in [0.29, 0.717) is 39.3 Å². The van der Waals surface area contributed by atoms with Crippen LogP contribution in [0.1, 0.15) is 24.0 Å². The molecule has 0 amide bonds. The van der Waals surface area contributed by atoms with Crippen LogP contribution in [0.15, 0.2) is 47.4 Å². The van der Waals surface area contributed by atoms with Gasteiger partial charge in [0.25, 0.3) is 5.69 Å². The summed E-state index contributed by atoms with van der Waals surface area (Å²) in [4.78, 5) is 12.6. The average molecular weight is 417 g/mol. The number of fused-ring (bicyclic) bond motifs is 1. The minimum atomic E-state index is -3.76. The molecule has 0 atom stereocenters. The molecule has 0 saturated carbocycles. The maximum Gasteiger partial charge on any atom is 0.270 e. The molecule has 2 aromatic carbocycles. The van der Waals surface area contributed by atoms with E-state index in [1.807, 2.05) is 0 Å². The molecule has 0 aromatic heterocycles. The fourth-order valence-corrected chi connectivity index (χ4v) is 5.55. The molecular formula is C20H23N3O5S. The van der Waals surface area contributed by atoms with E-state index in [9.17, 15) is 18.5 Å². The molecule has 0 aliphatic carbocycles. The maximum atomic E-state index is 12.9. The lowest BCUT2D eigenvalue weighted by Crippen LogP contribution is -2.48. The highest BCUT2D eigenvalue weighted by molar-refractivity contribution is 7.89. The molecule has 29 heavy (non-hydrogen) atoms. The Labute approximate surface area is 169 Å². The summed E-state index contributed by atoms with van der Waals surface area (Å²) in [5, 5.41) is 11.0. The second-order valence-corrected chi connectivity index (χ2v) is 9.41. The number of piperidine rings is 1. The number of nitro benzene ring substituents is 1. The predicted octanol–water partition coefficient (Wildman–Crippen LogP) is 3.05. The Kier molecular flexibility index (Phi) is 5.28. The van der Waals surface area contributed by atoms with Crippen molar-refractivity contribution in [3.63, 3.8) is 0 Å². The molecule has 1 fully saturated rings. The first-order valence-electron chi connectivity index (χ1n) is 9.55. The number of hydrogen-bond acceptors (Lipinski definition) is 6. The Balaban J connectivity index is 1.49. The van der Waals surface area contributed by atoms with Gasteiger partial charge in [0.2, 0.25) is 10.0 Å². The number of aryl methyl sites for hydroxylation is 1. The van der Waals surface area contributed by atoms with Gasteiger partial charge in [-0.25, -0.2) is 8.42 Å². The minimum absolute atomic E-state index is 0.0349. The molecular weight excluding hydrogens is 394 g/mol. The standard InChI is InChI=1S/C20H23N3O5S/c1-15-5-6-20-16(11-15)13-28-14-22(20)17-7-9-21(10-8-17)29(26,27)19-4-2-3-18(12-19)23(24)25/h2-6,11-12,17H,7-10,13-14H2,1H3. The van der Waals surface area contributed by atoms with Crippen molar-refractivity contribution < 1.29 is 18.1 Å². The Morgan fingerprint density at radius 3 is 2.62 bits per heavy atom. The lowest BCUT2D eigenvalue weighted by molar-refractivity contribution is -0.385. The van der Waals surface area contributed by atoms with Gasteiger partial charge >= 0.3 is 0 Å². The monoisotopic (exact) mass is 417 g/mol. The summed E-state index contributed by atoms with van der Waals surface area (Å²) in [5.41, 5.74) is 3.27. The zero-order valence-corrected chi connectivity index (χ0v) is 17.0. The van der Waals surface area contributed by atoms with Gasteiger partial charge < -0.3 is 9.64 Å². The molecule has 2 aliphatic rings. The van der Waals surface area contributed by atoms with Crippen LogP contribution in [0.25, 0.3) is 0 Å². The summed E-state index contributed by atoms with van der Waals surface area (Å²) in [6, 6.07) is 11.7. The summed E-state index contributed by atoms with van der Waals surface area (Å²) < 4.78 is 33.1. The smallest absolute Gasteiger partial charge is 0.270 e. The maximum absolute atomic E-state index is 12.9. The first-order chi connectivity index (χ1) is 13.9. The lowest BCUT2D eigenvalue weighted by atomic mass is 10.0. The van der Waals surface area contributed by atoms with Gasteiger partial charge in [0.1, 0.15) is 6.73 Å². The van der Waals surface area contributed by atoms with Gasteiger partial charge in [-0.2, -0.15) is 4.31 Å². The molecule has 0 radical (unpaired) electrons. The van der Waals surface area contributed by atoms with Crippen molar-refractivity contribution in [2.75, 3.05) is 24.7 Å². The number of hydrogen-bond donors (Lipinski definition) is 0. The molecule has 0 unspecified atom stereocenters. The SMILES string of the molecule is Cc1ccc2c(c1)COCN2C1CCN(S(=O)(=O)c2cccc([N+](=O)[O-])c2)CC1. The Morgan fingerprint density at radius 1 is 1.14 bits per heavy atom. The van der Waals surface area contributed by atoms with Gasteiger partial charge in [-0.3, -0.25) is 10.1 Å². The van der Waals surface area contributed by atoms with Gasteiger partial charge in [-0.15, -0.1) is 0 Å². The molecule has 9 heteroatoms. The number of rotatable bonds is 4. The van der Waals surface area contributed by atoms with Crippen molar-refractivity contribution in [2.24, 2.45) is 0 Å². The lowest BCUT2D eigenvalue weighted by Gasteiger charge is -2.41. The van der Waals surface area contributed by atoms with Crippen LogP contribution in [0, 0.1) is 17.0 Å². The molecule has 2 aromatic rings. The molecule has 1 saturated heterocycles. The van der Waals surface area contributed by atoms with E-state index < -0.39 is 14.9 Å². The molecule has 154 valence electrons. The number of benzene rings is 2. The van der Waals surface area contributed by atoms with Gasteiger partial charge in [0.05, 0.1) is 16.4 Å². The molecule has 0 bridgehead atoms. The molecule has 0 spiro atoms. The Morgan fingerprint density at radius 2 is 1.90 bits per heavy atom. The van der Waals surface area contributed by atoms with Gasteiger partial charge in [-0.05, 0) is 31.9 Å². The number of non-ortho nitro benzene ring substituents is 1. The predicted molar refractivity (Wildman–Crippen MR) is 108 cm³/mol. The van der Waals surface area contributed by atoms with Crippen molar-refractivity contribution in [3.8, 4) is 0 Å². The first-order valence-corrected chi connectivity index (χ1v) is 11.0. The highest BCUT2D eigenvalue weighted by atomic mass is 32.2. The second kappa shape index (κ2) is 7.74. The zero-order chi connectivity index (χ0) is 20.6. The number of nitrogens with zero attached hydrogens (tertiary/aromatic N) is 3. The quantitative estimate of drug-likeness (QED) is 0.561. The van der Waals surface area contributed by atoms with E-state index in [2.05, 4.69) is 30.0 Å².